The maximum Gasteiger partial charge on any atom is 0.160 e. The first kappa shape index (κ1) is 15.2. The summed E-state index contributed by atoms with van der Waals surface area (Å²) in [4.78, 5) is 0. The lowest BCUT2D eigenvalue weighted by Crippen LogP contribution is -2.06. The molecule has 2 rings (SSSR count). The van der Waals surface area contributed by atoms with E-state index in [2.05, 4.69) is 0 Å². The molecular weight excluding hydrogens is 268 g/mol. The number of hydrogen-bond acceptors (Lipinski definition) is 4. The van der Waals surface area contributed by atoms with E-state index < -0.39 is 0 Å². The van der Waals surface area contributed by atoms with Crippen LogP contribution in [0, 0.1) is 6.92 Å². The Balaban J connectivity index is 2.50. The molecule has 2 aromatic carbocycles. The Kier molecular flexibility index (Phi) is 4.70. The molecule has 0 saturated heterocycles. The van der Waals surface area contributed by atoms with Crippen molar-refractivity contribution in [2.45, 2.75) is 19.3 Å². The summed E-state index contributed by atoms with van der Waals surface area (Å²) in [6.07, 6.45) is 0.526. The lowest BCUT2D eigenvalue weighted by molar-refractivity contribution is 0.281. The van der Waals surface area contributed by atoms with Gasteiger partial charge in [0.05, 0.1) is 7.11 Å². The summed E-state index contributed by atoms with van der Waals surface area (Å²) in [5.41, 5.74) is 2.92. The molecule has 0 aromatic heterocycles. The molecule has 0 fully saturated rings. The number of phenolic OH excluding ortho intramolecular Hbond substituents is 2. The van der Waals surface area contributed by atoms with Crippen LogP contribution in [0.5, 0.6) is 17.2 Å². The van der Waals surface area contributed by atoms with Gasteiger partial charge in [-0.3, -0.25) is 0 Å². The molecule has 4 nitrogen and oxygen atoms in total. The zero-order valence-electron chi connectivity index (χ0n) is 12.2. The minimum absolute atomic E-state index is 0.0307. The van der Waals surface area contributed by atoms with Crippen molar-refractivity contribution in [1.82, 2.24) is 0 Å². The summed E-state index contributed by atoms with van der Waals surface area (Å²) in [5, 5.41) is 28.8. The lowest BCUT2D eigenvalue weighted by atomic mass is 9.86. The topological polar surface area (TPSA) is 69.9 Å². The Bertz CT molecular complexity index is 622. The zero-order valence-corrected chi connectivity index (χ0v) is 12.2. The van der Waals surface area contributed by atoms with Gasteiger partial charge in [-0.1, -0.05) is 12.1 Å². The number of ether oxygens (including phenoxy) is 1. The number of aryl methyl sites for hydroxylation is 1. The highest BCUT2D eigenvalue weighted by atomic mass is 16.5. The molecule has 112 valence electrons. The first-order valence-corrected chi connectivity index (χ1v) is 6.84. The maximum atomic E-state index is 9.72. The third kappa shape index (κ3) is 3.28. The van der Waals surface area contributed by atoms with E-state index in [4.69, 9.17) is 4.74 Å². The van der Waals surface area contributed by atoms with E-state index in [1.165, 1.54) is 7.11 Å². The molecule has 0 bridgehead atoms. The van der Waals surface area contributed by atoms with Crippen LogP contribution in [0.3, 0.4) is 0 Å². The fourth-order valence-electron chi connectivity index (χ4n) is 2.55. The fraction of sp³-hybridized carbons (Fsp3) is 0.294. The molecule has 0 heterocycles. The summed E-state index contributed by atoms with van der Waals surface area (Å²) < 4.78 is 5.14. The molecule has 2 aromatic rings. The molecule has 4 heteroatoms. The molecule has 0 aliphatic rings. The van der Waals surface area contributed by atoms with Gasteiger partial charge < -0.3 is 20.1 Å². The Morgan fingerprint density at radius 2 is 1.86 bits per heavy atom. The molecule has 1 atom stereocenters. The number of aliphatic hydroxyl groups is 1. The number of aliphatic hydroxyl groups excluding tert-OH is 1. The van der Waals surface area contributed by atoms with Crippen molar-refractivity contribution in [2.75, 3.05) is 13.7 Å². The van der Waals surface area contributed by atoms with E-state index in [9.17, 15) is 15.3 Å². The highest BCUT2D eigenvalue weighted by Crippen LogP contribution is 2.36. The summed E-state index contributed by atoms with van der Waals surface area (Å²) in [7, 11) is 1.50. The zero-order chi connectivity index (χ0) is 15.4. The van der Waals surface area contributed by atoms with E-state index >= 15 is 0 Å². The van der Waals surface area contributed by atoms with Crippen molar-refractivity contribution in [3.05, 3.63) is 53.1 Å². The molecule has 0 spiro atoms. The molecule has 21 heavy (non-hydrogen) atoms. The lowest BCUT2D eigenvalue weighted by Gasteiger charge is -2.20. The highest BCUT2D eigenvalue weighted by Gasteiger charge is 2.18. The van der Waals surface area contributed by atoms with Crippen LogP contribution in [-0.2, 0) is 0 Å². The second-order valence-electron chi connectivity index (χ2n) is 5.04. The molecule has 3 N–H and O–H groups in total. The van der Waals surface area contributed by atoms with Crippen molar-refractivity contribution in [3.63, 3.8) is 0 Å². The van der Waals surface area contributed by atoms with Crippen LogP contribution >= 0.6 is 0 Å². The van der Waals surface area contributed by atoms with Crippen LogP contribution in [0.25, 0.3) is 0 Å². The number of phenols is 2. The third-order valence-electron chi connectivity index (χ3n) is 3.66. The second-order valence-corrected chi connectivity index (χ2v) is 5.04. The number of rotatable bonds is 5. The maximum absolute atomic E-state index is 9.72. The van der Waals surface area contributed by atoms with Crippen LogP contribution < -0.4 is 4.74 Å². The largest absolute Gasteiger partial charge is 0.508 e. The van der Waals surface area contributed by atoms with Gasteiger partial charge in [-0.15, -0.1) is 0 Å². The SMILES string of the molecule is COc1cc(C(CCO)c2cc(O)ccc2C)ccc1O. The van der Waals surface area contributed by atoms with Crippen molar-refractivity contribution in [1.29, 1.82) is 0 Å². The summed E-state index contributed by atoms with van der Waals surface area (Å²) in [5.74, 6) is 0.603. The van der Waals surface area contributed by atoms with Gasteiger partial charge in [-0.05, 0) is 54.3 Å². The van der Waals surface area contributed by atoms with E-state index in [0.717, 1.165) is 16.7 Å². The van der Waals surface area contributed by atoms with Gasteiger partial charge in [0.25, 0.3) is 0 Å². The fourth-order valence-corrected chi connectivity index (χ4v) is 2.55. The van der Waals surface area contributed by atoms with Gasteiger partial charge in [0.2, 0.25) is 0 Å². The smallest absolute Gasteiger partial charge is 0.160 e. The minimum atomic E-state index is -0.0726. The van der Waals surface area contributed by atoms with E-state index in [0.29, 0.717) is 12.2 Å². The first-order chi connectivity index (χ1) is 10.1. The van der Waals surface area contributed by atoms with Crippen LogP contribution in [0.2, 0.25) is 0 Å². The normalized spacial score (nSPS) is 12.1. The molecule has 0 amide bonds. The molecular formula is C17H20O4. The van der Waals surface area contributed by atoms with Gasteiger partial charge in [0.1, 0.15) is 5.75 Å². The van der Waals surface area contributed by atoms with E-state index in [1.807, 2.05) is 19.1 Å². The Labute approximate surface area is 124 Å². The predicted molar refractivity (Wildman–Crippen MR) is 81.0 cm³/mol. The predicted octanol–water partition coefficient (Wildman–Crippen LogP) is 2.93. The summed E-state index contributed by atoms with van der Waals surface area (Å²) in [6.45, 7) is 2.00. The standard InChI is InChI=1S/C17H20O4/c1-11-3-5-13(19)10-15(11)14(7-8-18)12-4-6-16(20)17(9-12)21-2/h3-6,9-10,14,18-20H,7-8H2,1-2H3. The van der Waals surface area contributed by atoms with E-state index in [-0.39, 0.29) is 24.0 Å². The second kappa shape index (κ2) is 6.50. The monoisotopic (exact) mass is 288 g/mol. The summed E-state index contributed by atoms with van der Waals surface area (Å²) >= 11 is 0. The van der Waals surface area contributed by atoms with Gasteiger partial charge in [0, 0.05) is 12.5 Å². The average molecular weight is 288 g/mol. The van der Waals surface area contributed by atoms with Gasteiger partial charge in [-0.2, -0.15) is 0 Å². The quantitative estimate of drug-likeness (QED) is 0.791. The minimum Gasteiger partial charge on any atom is -0.508 e. The van der Waals surface area contributed by atoms with Crippen LogP contribution in [-0.4, -0.2) is 29.0 Å². The van der Waals surface area contributed by atoms with Gasteiger partial charge in [0.15, 0.2) is 11.5 Å². The van der Waals surface area contributed by atoms with Crippen LogP contribution in [0.15, 0.2) is 36.4 Å². The Morgan fingerprint density at radius 1 is 1.10 bits per heavy atom. The Morgan fingerprint density at radius 3 is 2.52 bits per heavy atom. The number of aromatic hydroxyl groups is 2. The number of methoxy groups -OCH3 is 1. The van der Waals surface area contributed by atoms with Crippen molar-refractivity contribution >= 4 is 0 Å². The molecule has 0 aliphatic carbocycles. The average Bonchev–Trinajstić information content (AvgIpc) is 2.48. The van der Waals surface area contributed by atoms with Gasteiger partial charge in [-0.25, -0.2) is 0 Å². The van der Waals surface area contributed by atoms with Crippen molar-refractivity contribution in [3.8, 4) is 17.2 Å². The summed E-state index contributed by atoms with van der Waals surface area (Å²) in [6, 6.07) is 10.4. The van der Waals surface area contributed by atoms with Crippen LogP contribution in [0.1, 0.15) is 29.0 Å². The Hall–Kier alpha value is -2.20. The van der Waals surface area contributed by atoms with E-state index in [1.54, 1.807) is 24.3 Å². The molecule has 0 radical (unpaired) electrons. The number of benzene rings is 2. The number of hydrogen-bond donors (Lipinski definition) is 3. The van der Waals surface area contributed by atoms with Crippen LogP contribution in [0.4, 0.5) is 0 Å². The van der Waals surface area contributed by atoms with Gasteiger partial charge >= 0.3 is 0 Å². The molecule has 1 unspecified atom stereocenters. The highest BCUT2D eigenvalue weighted by molar-refractivity contribution is 5.47. The first-order valence-electron chi connectivity index (χ1n) is 6.84. The van der Waals surface area contributed by atoms with Crippen molar-refractivity contribution in [2.24, 2.45) is 0 Å². The third-order valence-corrected chi connectivity index (χ3v) is 3.66. The van der Waals surface area contributed by atoms with Crippen molar-refractivity contribution < 1.29 is 20.1 Å². The molecule has 0 saturated carbocycles. The molecule has 0 aliphatic heterocycles.